The number of imidazole rings is 1. The molecule has 1 atom stereocenters. The van der Waals surface area contributed by atoms with Crippen LogP contribution in [0.5, 0.6) is 0 Å². The maximum absolute atomic E-state index is 9.12. The Labute approximate surface area is 116 Å². The van der Waals surface area contributed by atoms with Gasteiger partial charge in [0.05, 0.1) is 19.0 Å². The molecule has 0 aliphatic rings. The van der Waals surface area contributed by atoms with E-state index in [9.17, 15) is 0 Å². The lowest BCUT2D eigenvalue weighted by Crippen LogP contribution is -2.20. The summed E-state index contributed by atoms with van der Waals surface area (Å²) >= 11 is 0. The zero-order valence-corrected chi connectivity index (χ0v) is 11.6. The van der Waals surface area contributed by atoms with Gasteiger partial charge in [0, 0.05) is 20.7 Å². The van der Waals surface area contributed by atoms with Gasteiger partial charge >= 0.3 is 0 Å². The summed E-state index contributed by atoms with van der Waals surface area (Å²) in [6.07, 6.45) is 3.10. The quantitative estimate of drug-likeness (QED) is 0.713. The predicted molar refractivity (Wildman–Crippen MR) is 73.3 cm³/mol. The fourth-order valence-corrected chi connectivity index (χ4v) is 1.85. The minimum atomic E-state index is -0.396. The van der Waals surface area contributed by atoms with Crippen LogP contribution in [0.1, 0.15) is 6.42 Å². The SMILES string of the molecule is CN(C)c1ncnc2c1ncn2CO[C@H](CO)CCO. The zero-order valence-electron chi connectivity index (χ0n) is 11.6. The summed E-state index contributed by atoms with van der Waals surface area (Å²) in [5.41, 5.74) is 1.37. The molecule has 0 aliphatic carbocycles. The summed E-state index contributed by atoms with van der Waals surface area (Å²) in [7, 11) is 3.78. The van der Waals surface area contributed by atoms with Crippen molar-refractivity contribution in [3.8, 4) is 0 Å². The molecule has 0 aromatic carbocycles. The number of rotatable bonds is 7. The number of hydrogen-bond acceptors (Lipinski definition) is 7. The lowest BCUT2D eigenvalue weighted by Gasteiger charge is -2.15. The van der Waals surface area contributed by atoms with Crippen molar-refractivity contribution in [2.75, 3.05) is 32.2 Å². The highest BCUT2D eigenvalue weighted by molar-refractivity contribution is 5.82. The van der Waals surface area contributed by atoms with Gasteiger partial charge < -0.3 is 19.8 Å². The number of hydrogen-bond donors (Lipinski definition) is 2. The number of anilines is 1. The maximum Gasteiger partial charge on any atom is 0.167 e. The van der Waals surface area contributed by atoms with Crippen molar-refractivity contribution >= 4 is 17.0 Å². The lowest BCUT2D eigenvalue weighted by molar-refractivity contribution is -0.0331. The van der Waals surface area contributed by atoms with Crippen LogP contribution in [0.25, 0.3) is 11.2 Å². The number of fused-ring (bicyclic) bond motifs is 1. The first-order chi connectivity index (χ1) is 9.67. The number of aliphatic hydroxyl groups is 2. The third-order valence-electron chi connectivity index (χ3n) is 2.91. The molecule has 2 heterocycles. The van der Waals surface area contributed by atoms with Crippen LogP contribution < -0.4 is 4.90 Å². The smallest absolute Gasteiger partial charge is 0.167 e. The van der Waals surface area contributed by atoms with Crippen LogP contribution in [0.15, 0.2) is 12.7 Å². The number of aliphatic hydroxyl groups excluding tert-OH is 2. The van der Waals surface area contributed by atoms with Crippen molar-refractivity contribution in [2.45, 2.75) is 19.3 Å². The Hall–Kier alpha value is -1.77. The Morgan fingerprint density at radius 3 is 2.75 bits per heavy atom. The largest absolute Gasteiger partial charge is 0.396 e. The van der Waals surface area contributed by atoms with Crippen molar-refractivity contribution in [3.05, 3.63) is 12.7 Å². The molecule has 8 nitrogen and oxygen atoms in total. The Morgan fingerprint density at radius 1 is 1.30 bits per heavy atom. The Morgan fingerprint density at radius 2 is 2.10 bits per heavy atom. The highest BCUT2D eigenvalue weighted by atomic mass is 16.5. The number of ether oxygens (including phenoxy) is 1. The molecular weight excluding hydrogens is 262 g/mol. The topological polar surface area (TPSA) is 96.5 Å². The van der Waals surface area contributed by atoms with E-state index < -0.39 is 6.10 Å². The van der Waals surface area contributed by atoms with Crippen LogP contribution in [0.2, 0.25) is 0 Å². The Bertz CT molecular complexity index is 557. The summed E-state index contributed by atoms with van der Waals surface area (Å²) in [6.45, 7) is 0.0551. The molecule has 0 bridgehead atoms. The number of nitrogens with zero attached hydrogens (tertiary/aromatic N) is 5. The van der Waals surface area contributed by atoms with Gasteiger partial charge in [0.15, 0.2) is 17.0 Å². The average molecular weight is 281 g/mol. The molecule has 0 saturated carbocycles. The lowest BCUT2D eigenvalue weighted by atomic mass is 10.3. The van der Waals surface area contributed by atoms with Crippen LogP contribution >= 0.6 is 0 Å². The van der Waals surface area contributed by atoms with E-state index in [1.54, 1.807) is 10.9 Å². The van der Waals surface area contributed by atoms with E-state index in [1.807, 2.05) is 19.0 Å². The molecule has 0 aliphatic heterocycles. The molecule has 20 heavy (non-hydrogen) atoms. The Kier molecular flexibility index (Phi) is 4.83. The molecule has 2 aromatic heterocycles. The summed E-state index contributed by atoms with van der Waals surface area (Å²) in [5.74, 6) is 0.739. The third-order valence-corrected chi connectivity index (χ3v) is 2.91. The second kappa shape index (κ2) is 6.60. The second-order valence-electron chi connectivity index (χ2n) is 4.59. The van der Waals surface area contributed by atoms with Gasteiger partial charge in [0.1, 0.15) is 13.1 Å². The molecule has 2 N–H and O–H groups in total. The van der Waals surface area contributed by atoms with Gasteiger partial charge in [-0.05, 0) is 6.42 Å². The van der Waals surface area contributed by atoms with Crippen molar-refractivity contribution in [2.24, 2.45) is 0 Å². The minimum absolute atomic E-state index is 0.0249. The van der Waals surface area contributed by atoms with Crippen LogP contribution in [0.3, 0.4) is 0 Å². The molecule has 110 valence electrons. The number of aromatic nitrogens is 4. The highest BCUT2D eigenvalue weighted by Crippen LogP contribution is 2.19. The third kappa shape index (κ3) is 3.03. The van der Waals surface area contributed by atoms with Gasteiger partial charge in [-0.1, -0.05) is 0 Å². The Balaban J connectivity index is 2.17. The first-order valence-electron chi connectivity index (χ1n) is 6.33. The molecule has 2 rings (SSSR count). The monoisotopic (exact) mass is 281 g/mol. The van der Waals surface area contributed by atoms with E-state index in [1.165, 1.54) is 6.33 Å². The summed E-state index contributed by atoms with van der Waals surface area (Å²) in [6, 6.07) is 0. The summed E-state index contributed by atoms with van der Waals surface area (Å²) in [4.78, 5) is 14.6. The van der Waals surface area contributed by atoms with E-state index in [-0.39, 0.29) is 19.9 Å². The van der Waals surface area contributed by atoms with E-state index in [2.05, 4.69) is 15.0 Å². The van der Waals surface area contributed by atoms with Crippen LogP contribution in [0.4, 0.5) is 5.82 Å². The standard InChI is InChI=1S/C12H19N5O3/c1-16(2)11-10-12(14-6-13-11)17(7-15-10)8-20-9(5-19)3-4-18/h6-7,9,18-19H,3-5,8H2,1-2H3/t9-/m0/s1. The van der Waals surface area contributed by atoms with E-state index >= 15 is 0 Å². The zero-order chi connectivity index (χ0) is 14.5. The van der Waals surface area contributed by atoms with Gasteiger partial charge in [-0.2, -0.15) is 0 Å². The van der Waals surface area contributed by atoms with Crippen LogP contribution in [-0.4, -0.2) is 63.1 Å². The van der Waals surface area contributed by atoms with Gasteiger partial charge in [-0.25, -0.2) is 15.0 Å². The van der Waals surface area contributed by atoms with Crippen molar-refractivity contribution in [1.29, 1.82) is 0 Å². The van der Waals surface area contributed by atoms with Crippen molar-refractivity contribution < 1.29 is 14.9 Å². The normalized spacial score (nSPS) is 12.8. The summed E-state index contributed by atoms with van der Waals surface area (Å²) < 4.78 is 7.26. The van der Waals surface area contributed by atoms with Crippen molar-refractivity contribution in [1.82, 2.24) is 19.5 Å². The summed E-state index contributed by atoms with van der Waals surface area (Å²) in [5, 5.41) is 18.0. The molecule has 0 unspecified atom stereocenters. The van der Waals surface area contributed by atoms with Gasteiger partial charge in [0.2, 0.25) is 0 Å². The molecule has 0 saturated heterocycles. The second-order valence-corrected chi connectivity index (χ2v) is 4.59. The molecule has 2 aromatic rings. The molecule has 0 spiro atoms. The first kappa shape index (κ1) is 14.6. The molecule has 0 fully saturated rings. The van der Waals surface area contributed by atoms with E-state index in [0.717, 1.165) is 5.82 Å². The van der Waals surface area contributed by atoms with E-state index in [0.29, 0.717) is 17.6 Å². The highest BCUT2D eigenvalue weighted by Gasteiger charge is 2.13. The van der Waals surface area contributed by atoms with Gasteiger partial charge in [0.25, 0.3) is 0 Å². The minimum Gasteiger partial charge on any atom is -0.396 e. The molecule has 8 heteroatoms. The maximum atomic E-state index is 9.12. The first-order valence-corrected chi connectivity index (χ1v) is 6.33. The fourth-order valence-electron chi connectivity index (χ4n) is 1.85. The van der Waals surface area contributed by atoms with Crippen LogP contribution in [-0.2, 0) is 11.5 Å². The fraction of sp³-hybridized carbons (Fsp3) is 0.583. The average Bonchev–Trinajstić information content (AvgIpc) is 2.86. The van der Waals surface area contributed by atoms with Crippen LogP contribution in [0, 0.1) is 0 Å². The van der Waals surface area contributed by atoms with Gasteiger partial charge in [-0.15, -0.1) is 0 Å². The van der Waals surface area contributed by atoms with Crippen molar-refractivity contribution in [3.63, 3.8) is 0 Å². The van der Waals surface area contributed by atoms with E-state index in [4.69, 9.17) is 14.9 Å². The molecular formula is C12H19N5O3. The predicted octanol–water partition coefficient (Wildman–Crippen LogP) is -0.390. The van der Waals surface area contributed by atoms with Gasteiger partial charge in [-0.3, -0.25) is 4.57 Å². The molecule has 0 radical (unpaired) electrons. The molecule has 0 amide bonds.